The number of hydrogen-bond donors (Lipinski definition) is 0. The van der Waals surface area contributed by atoms with Crippen LogP contribution >= 0.6 is 23.5 Å². The fourth-order valence-electron chi connectivity index (χ4n) is 0.537. The second-order valence-corrected chi connectivity index (χ2v) is 3.93. The van der Waals surface area contributed by atoms with Gasteiger partial charge >= 0.3 is 0 Å². The van der Waals surface area contributed by atoms with Crippen LogP contribution < -0.4 is 0 Å². The molecule has 58 valence electrons. The van der Waals surface area contributed by atoms with Gasteiger partial charge in [0.2, 0.25) is 0 Å². The number of thioether (sulfide) groups is 2. The molecular formula is C8H14S2. The minimum absolute atomic E-state index is 1.21. The first-order chi connectivity index (χ1) is 4.91. The zero-order chi connectivity index (χ0) is 7.66. The summed E-state index contributed by atoms with van der Waals surface area (Å²) in [6.07, 6.45) is 2.58. The lowest BCUT2D eigenvalue weighted by molar-refractivity contribution is 0.910. The highest BCUT2D eigenvalue weighted by molar-refractivity contribution is 8.02. The topological polar surface area (TPSA) is 0 Å². The molecule has 0 rings (SSSR count). The minimum Gasteiger partial charge on any atom is -0.135 e. The SMILES string of the molecule is C=CSCCCCSC=C. The molecule has 0 bridgehead atoms. The number of hydrogen-bond acceptors (Lipinski definition) is 2. The molecule has 0 spiro atoms. The summed E-state index contributed by atoms with van der Waals surface area (Å²) in [5, 5.41) is 3.81. The predicted octanol–water partition coefficient (Wildman–Crippen LogP) is 3.52. The van der Waals surface area contributed by atoms with Crippen molar-refractivity contribution >= 4 is 23.5 Å². The van der Waals surface area contributed by atoms with Crippen molar-refractivity contribution < 1.29 is 0 Å². The van der Waals surface area contributed by atoms with Crippen molar-refractivity contribution in [3.05, 3.63) is 24.0 Å². The summed E-state index contributed by atoms with van der Waals surface area (Å²) in [6, 6.07) is 0. The van der Waals surface area contributed by atoms with E-state index in [-0.39, 0.29) is 0 Å². The molecule has 0 saturated heterocycles. The highest BCUT2D eigenvalue weighted by Crippen LogP contribution is 2.08. The predicted molar refractivity (Wildman–Crippen MR) is 54.5 cm³/mol. The van der Waals surface area contributed by atoms with Crippen molar-refractivity contribution in [3.8, 4) is 0 Å². The fraction of sp³-hybridized carbons (Fsp3) is 0.500. The molecule has 0 aromatic carbocycles. The first kappa shape index (κ1) is 10.2. The molecule has 0 aliphatic rings. The second-order valence-electron chi connectivity index (χ2n) is 1.78. The van der Waals surface area contributed by atoms with Crippen molar-refractivity contribution in [2.45, 2.75) is 12.8 Å². The van der Waals surface area contributed by atoms with Gasteiger partial charge < -0.3 is 0 Å². The second kappa shape index (κ2) is 9.18. The van der Waals surface area contributed by atoms with E-state index in [1.165, 1.54) is 24.3 Å². The van der Waals surface area contributed by atoms with Crippen molar-refractivity contribution in [2.75, 3.05) is 11.5 Å². The summed E-state index contributed by atoms with van der Waals surface area (Å²) in [5.41, 5.74) is 0. The lowest BCUT2D eigenvalue weighted by Crippen LogP contribution is -1.80. The van der Waals surface area contributed by atoms with Crippen molar-refractivity contribution in [1.82, 2.24) is 0 Å². The molecule has 0 amide bonds. The van der Waals surface area contributed by atoms with E-state index in [2.05, 4.69) is 13.2 Å². The lowest BCUT2D eigenvalue weighted by Gasteiger charge is -1.94. The zero-order valence-corrected chi connectivity index (χ0v) is 7.85. The number of unbranched alkanes of at least 4 members (excludes halogenated alkanes) is 1. The van der Waals surface area contributed by atoms with Crippen LogP contribution in [0.25, 0.3) is 0 Å². The molecule has 0 aliphatic heterocycles. The van der Waals surface area contributed by atoms with Gasteiger partial charge in [-0.1, -0.05) is 13.2 Å². The summed E-state index contributed by atoms with van der Waals surface area (Å²) < 4.78 is 0. The van der Waals surface area contributed by atoms with Gasteiger partial charge in [-0.25, -0.2) is 0 Å². The van der Waals surface area contributed by atoms with E-state index in [1.54, 1.807) is 23.5 Å². The van der Waals surface area contributed by atoms with Gasteiger partial charge in [-0.05, 0) is 35.2 Å². The first-order valence-corrected chi connectivity index (χ1v) is 5.46. The summed E-state index contributed by atoms with van der Waals surface area (Å²) in [4.78, 5) is 0. The molecule has 0 unspecified atom stereocenters. The highest BCUT2D eigenvalue weighted by Gasteiger charge is 1.85. The van der Waals surface area contributed by atoms with Gasteiger partial charge in [-0.3, -0.25) is 0 Å². The van der Waals surface area contributed by atoms with Crippen molar-refractivity contribution in [3.63, 3.8) is 0 Å². The maximum absolute atomic E-state index is 3.64. The molecule has 0 radical (unpaired) electrons. The average molecular weight is 174 g/mol. The lowest BCUT2D eigenvalue weighted by atomic mass is 10.4. The maximum atomic E-state index is 3.64. The molecule has 0 aromatic heterocycles. The number of rotatable bonds is 7. The van der Waals surface area contributed by atoms with E-state index in [1.807, 2.05) is 10.8 Å². The van der Waals surface area contributed by atoms with Crippen molar-refractivity contribution in [1.29, 1.82) is 0 Å². The monoisotopic (exact) mass is 174 g/mol. The molecule has 0 nitrogen and oxygen atoms in total. The Bertz CT molecular complexity index is 77.3. The van der Waals surface area contributed by atoms with Crippen LogP contribution in [0.3, 0.4) is 0 Å². The molecule has 0 aromatic rings. The van der Waals surface area contributed by atoms with Crippen LogP contribution in [0.2, 0.25) is 0 Å². The van der Waals surface area contributed by atoms with E-state index in [4.69, 9.17) is 0 Å². The Balaban J connectivity index is 2.76. The van der Waals surface area contributed by atoms with Gasteiger partial charge in [0.05, 0.1) is 0 Å². The quantitative estimate of drug-likeness (QED) is 0.542. The summed E-state index contributed by atoms with van der Waals surface area (Å²) in [6.45, 7) is 7.27. The largest absolute Gasteiger partial charge is 0.135 e. The van der Waals surface area contributed by atoms with Gasteiger partial charge in [-0.15, -0.1) is 23.5 Å². The van der Waals surface area contributed by atoms with E-state index in [0.717, 1.165) is 0 Å². The van der Waals surface area contributed by atoms with Crippen LogP contribution in [0.4, 0.5) is 0 Å². The Morgan fingerprint density at radius 2 is 1.30 bits per heavy atom. The Morgan fingerprint density at radius 1 is 0.900 bits per heavy atom. The zero-order valence-electron chi connectivity index (χ0n) is 6.21. The Labute approximate surface area is 72.2 Å². The third-order valence-electron chi connectivity index (χ3n) is 1.01. The van der Waals surface area contributed by atoms with Crippen LogP contribution in [0.5, 0.6) is 0 Å². The molecule has 2 heteroatoms. The molecule has 0 atom stereocenters. The summed E-state index contributed by atoms with van der Waals surface area (Å²) in [5.74, 6) is 2.42. The molecule has 0 N–H and O–H groups in total. The minimum atomic E-state index is 1.21. The van der Waals surface area contributed by atoms with Crippen LogP contribution in [0, 0.1) is 0 Å². The summed E-state index contributed by atoms with van der Waals surface area (Å²) in [7, 11) is 0. The van der Waals surface area contributed by atoms with E-state index < -0.39 is 0 Å². The van der Waals surface area contributed by atoms with Gasteiger partial charge in [0.25, 0.3) is 0 Å². The smallest absolute Gasteiger partial charge is 0.00259 e. The molecule has 10 heavy (non-hydrogen) atoms. The highest BCUT2D eigenvalue weighted by atomic mass is 32.2. The van der Waals surface area contributed by atoms with E-state index in [0.29, 0.717) is 0 Å². The molecule has 0 heterocycles. The third-order valence-corrected chi connectivity index (χ3v) is 2.53. The third kappa shape index (κ3) is 8.18. The van der Waals surface area contributed by atoms with Gasteiger partial charge in [0, 0.05) is 0 Å². The van der Waals surface area contributed by atoms with Gasteiger partial charge in [0.1, 0.15) is 0 Å². The van der Waals surface area contributed by atoms with Crippen LogP contribution in [-0.2, 0) is 0 Å². The maximum Gasteiger partial charge on any atom is -0.00259 e. The average Bonchev–Trinajstić information content (AvgIpc) is 1.97. The van der Waals surface area contributed by atoms with Gasteiger partial charge in [-0.2, -0.15) is 0 Å². The fourth-order valence-corrected chi connectivity index (χ4v) is 1.61. The molecule has 0 saturated carbocycles. The van der Waals surface area contributed by atoms with E-state index in [9.17, 15) is 0 Å². The van der Waals surface area contributed by atoms with Crippen LogP contribution in [-0.4, -0.2) is 11.5 Å². The normalized spacial score (nSPS) is 9.20. The summed E-state index contributed by atoms with van der Waals surface area (Å²) >= 11 is 3.59. The van der Waals surface area contributed by atoms with Crippen LogP contribution in [0.15, 0.2) is 24.0 Å². The van der Waals surface area contributed by atoms with Crippen molar-refractivity contribution in [2.24, 2.45) is 0 Å². The standard InChI is InChI=1S/C8H14S2/c1-3-9-7-5-6-8-10-4-2/h3-4H,1-2,5-8H2. The molecular weight excluding hydrogens is 160 g/mol. The molecule has 0 aliphatic carbocycles. The van der Waals surface area contributed by atoms with Gasteiger partial charge in [0.15, 0.2) is 0 Å². The van der Waals surface area contributed by atoms with Crippen LogP contribution in [0.1, 0.15) is 12.8 Å². The Hall–Kier alpha value is 0.180. The Kier molecular flexibility index (Phi) is 9.35. The molecule has 0 fully saturated rings. The first-order valence-electron chi connectivity index (χ1n) is 3.37. The Morgan fingerprint density at radius 3 is 1.60 bits per heavy atom. The van der Waals surface area contributed by atoms with E-state index >= 15 is 0 Å².